The highest BCUT2D eigenvalue weighted by molar-refractivity contribution is 4.99. The predicted molar refractivity (Wildman–Crippen MR) is 67.4 cm³/mol. The Morgan fingerprint density at radius 3 is 3.18 bits per heavy atom. The minimum atomic E-state index is 0.314. The number of fused-ring (bicyclic) bond motifs is 1. The second kappa shape index (κ2) is 4.10. The number of aromatic nitrogens is 2. The number of rotatable bonds is 2. The number of hydrogen-bond acceptors (Lipinski definition) is 3. The Balaban J connectivity index is 1.68. The monoisotopic (exact) mass is 234 g/mol. The van der Waals surface area contributed by atoms with Gasteiger partial charge in [0.1, 0.15) is 5.82 Å². The molecule has 1 aromatic heterocycles. The Morgan fingerprint density at radius 1 is 1.53 bits per heavy atom. The lowest BCUT2D eigenvalue weighted by Gasteiger charge is -2.37. The first-order valence-electron chi connectivity index (χ1n) is 6.65. The Bertz CT molecular complexity index is 400. The maximum Gasteiger partial charge on any atom is 0.122 e. The van der Waals surface area contributed by atoms with E-state index in [2.05, 4.69) is 27.6 Å². The zero-order chi connectivity index (χ0) is 11.9. The van der Waals surface area contributed by atoms with Gasteiger partial charge in [-0.2, -0.15) is 0 Å². The third kappa shape index (κ3) is 2.00. The van der Waals surface area contributed by atoms with E-state index in [0.29, 0.717) is 11.5 Å². The molecule has 1 aromatic rings. The van der Waals surface area contributed by atoms with Gasteiger partial charge >= 0.3 is 0 Å². The van der Waals surface area contributed by atoms with Crippen LogP contribution in [0.3, 0.4) is 0 Å². The molecule has 0 spiro atoms. The first-order valence-corrected chi connectivity index (χ1v) is 6.65. The van der Waals surface area contributed by atoms with Crippen molar-refractivity contribution in [3.8, 4) is 0 Å². The van der Waals surface area contributed by atoms with Crippen molar-refractivity contribution in [2.75, 3.05) is 13.1 Å². The average Bonchev–Trinajstić information content (AvgIpc) is 2.87. The van der Waals surface area contributed by atoms with Gasteiger partial charge in [-0.25, -0.2) is 4.98 Å². The fraction of sp³-hybridized carbons (Fsp3) is 0.769. The topological polar surface area (TPSA) is 47.1 Å². The van der Waals surface area contributed by atoms with E-state index in [9.17, 15) is 0 Å². The van der Waals surface area contributed by atoms with Gasteiger partial charge in [-0.3, -0.25) is 4.90 Å². The highest BCUT2D eigenvalue weighted by atomic mass is 15.2. The van der Waals surface area contributed by atoms with E-state index in [-0.39, 0.29) is 0 Å². The van der Waals surface area contributed by atoms with Crippen LogP contribution in [0.25, 0.3) is 0 Å². The number of imidazole rings is 1. The van der Waals surface area contributed by atoms with Crippen molar-refractivity contribution in [3.05, 3.63) is 18.2 Å². The zero-order valence-corrected chi connectivity index (χ0v) is 10.6. The third-order valence-corrected chi connectivity index (χ3v) is 4.57. The Labute approximate surface area is 103 Å². The molecule has 2 N–H and O–H groups in total. The highest BCUT2D eigenvalue weighted by Gasteiger charge is 2.38. The normalized spacial score (nSPS) is 33.9. The molecule has 1 aliphatic heterocycles. The van der Waals surface area contributed by atoms with E-state index in [0.717, 1.165) is 26.2 Å². The van der Waals surface area contributed by atoms with Crippen molar-refractivity contribution in [2.45, 2.75) is 45.3 Å². The van der Waals surface area contributed by atoms with Crippen LogP contribution in [-0.4, -0.2) is 33.6 Å². The van der Waals surface area contributed by atoms with Crippen LogP contribution in [0.15, 0.2) is 12.4 Å². The van der Waals surface area contributed by atoms with Crippen molar-refractivity contribution in [2.24, 2.45) is 11.1 Å². The maximum atomic E-state index is 6.26. The lowest BCUT2D eigenvalue weighted by molar-refractivity contribution is 0.125. The van der Waals surface area contributed by atoms with Gasteiger partial charge in [-0.05, 0) is 18.3 Å². The molecule has 1 fully saturated rings. The summed E-state index contributed by atoms with van der Waals surface area (Å²) in [5.41, 5.74) is 6.57. The molecule has 0 radical (unpaired) electrons. The third-order valence-electron chi connectivity index (χ3n) is 4.57. The highest BCUT2D eigenvalue weighted by Crippen LogP contribution is 2.37. The molecular formula is C13H22N4. The van der Waals surface area contributed by atoms with Crippen LogP contribution in [0.5, 0.6) is 0 Å². The fourth-order valence-electron chi connectivity index (χ4n) is 3.33. The van der Waals surface area contributed by atoms with Gasteiger partial charge in [0.2, 0.25) is 0 Å². The van der Waals surface area contributed by atoms with Gasteiger partial charge in [0.25, 0.3) is 0 Å². The van der Waals surface area contributed by atoms with Crippen LogP contribution in [0.2, 0.25) is 0 Å². The van der Waals surface area contributed by atoms with Gasteiger partial charge in [-0.1, -0.05) is 13.3 Å². The van der Waals surface area contributed by atoms with Gasteiger partial charge in [-0.15, -0.1) is 0 Å². The molecule has 0 amide bonds. The summed E-state index contributed by atoms with van der Waals surface area (Å²) in [6.07, 6.45) is 7.75. The second-order valence-electron chi connectivity index (χ2n) is 5.90. The first-order chi connectivity index (χ1) is 8.17. The molecule has 1 saturated carbocycles. The van der Waals surface area contributed by atoms with Crippen molar-refractivity contribution in [1.29, 1.82) is 0 Å². The smallest absolute Gasteiger partial charge is 0.122 e. The van der Waals surface area contributed by atoms with E-state index in [4.69, 9.17) is 5.73 Å². The van der Waals surface area contributed by atoms with Gasteiger partial charge in [0, 0.05) is 38.1 Å². The molecule has 4 nitrogen and oxygen atoms in total. The predicted octanol–water partition coefficient (Wildman–Crippen LogP) is 1.22. The van der Waals surface area contributed by atoms with Crippen LogP contribution < -0.4 is 5.73 Å². The summed E-state index contributed by atoms with van der Waals surface area (Å²) in [5, 5.41) is 0. The lowest BCUT2D eigenvalue weighted by atomic mass is 9.84. The number of nitrogens with zero attached hydrogens (tertiary/aromatic N) is 3. The van der Waals surface area contributed by atoms with Crippen molar-refractivity contribution < 1.29 is 0 Å². The van der Waals surface area contributed by atoms with E-state index in [1.54, 1.807) is 0 Å². The van der Waals surface area contributed by atoms with E-state index >= 15 is 0 Å². The standard InChI is InChI=1S/C13H22N4/c1-13(4-2-3-11(13)14)10-16-7-8-17-6-5-15-12(17)9-16/h5-6,11H,2-4,7-10,14H2,1H3. The van der Waals surface area contributed by atoms with E-state index in [1.165, 1.54) is 25.1 Å². The van der Waals surface area contributed by atoms with Crippen molar-refractivity contribution in [3.63, 3.8) is 0 Å². The SMILES string of the molecule is CC1(CN2CCn3ccnc3C2)CCCC1N. The Kier molecular flexibility index (Phi) is 2.71. The number of nitrogens with two attached hydrogens (primary N) is 1. The molecule has 2 heterocycles. The Hall–Kier alpha value is -0.870. The summed E-state index contributed by atoms with van der Waals surface area (Å²) < 4.78 is 2.26. The molecule has 2 atom stereocenters. The van der Waals surface area contributed by atoms with Crippen LogP contribution in [0, 0.1) is 5.41 Å². The second-order valence-corrected chi connectivity index (χ2v) is 5.90. The lowest BCUT2D eigenvalue weighted by Crippen LogP contribution is -2.46. The minimum absolute atomic E-state index is 0.314. The summed E-state index contributed by atoms with van der Waals surface area (Å²) in [4.78, 5) is 6.93. The van der Waals surface area contributed by atoms with Crippen LogP contribution >= 0.6 is 0 Å². The molecule has 0 aromatic carbocycles. The van der Waals surface area contributed by atoms with E-state index in [1.807, 2.05) is 6.20 Å². The summed E-state index contributed by atoms with van der Waals surface area (Å²) in [6, 6.07) is 0.379. The number of hydrogen-bond donors (Lipinski definition) is 1. The molecule has 0 saturated heterocycles. The average molecular weight is 234 g/mol. The summed E-state index contributed by atoms with van der Waals surface area (Å²) in [7, 11) is 0. The molecule has 2 unspecified atom stereocenters. The van der Waals surface area contributed by atoms with Gasteiger partial charge in [0.05, 0.1) is 6.54 Å². The molecule has 0 bridgehead atoms. The van der Waals surface area contributed by atoms with E-state index < -0.39 is 0 Å². The van der Waals surface area contributed by atoms with Crippen molar-refractivity contribution >= 4 is 0 Å². The van der Waals surface area contributed by atoms with Gasteiger partial charge in [0.15, 0.2) is 0 Å². The van der Waals surface area contributed by atoms with Crippen LogP contribution in [0.4, 0.5) is 0 Å². The quantitative estimate of drug-likeness (QED) is 0.837. The van der Waals surface area contributed by atoms with Crippen molar-refractivity contribution in [1.82, 2.24) is 14.5 Å². The van der Waals surface area contributed by atoms with Crippen LogP contribution in [-0.2, 0) is 13.1 Å². The summed E-state index contributed by atoms with van der Waals surface area (Å²) >= 11 is 0. The zero-order valence-electron chi connectivity index (χ0n) is 10.6. The first kappa shape index (κ1) is 11.2. The molecule has 3 rings (SSSR count). The molecular weight excluding hydrogens is 212 g/mol. The van der Waals surface area contributed by atoms with Gasteiger partial charge < -0.3 is 10.3 Å². The fourth-order valence-corrected chi connectivity index (χ4v) is 3.33. The molecule has 4 heteroatoms. The minimum Gasteiger partial charge on any atom is -0.333 e. The maximum absolute atomic E-state index is 6.26. The molecule has 94 valence electrons. The molecule has 1 aliphatic carbocycles. The molecule has 2 aliphatic rings. The van der Waals surface area contributed by atoms with Crippen LogP contribution in [0.1, 0.15) is 32.0 Å². The summed E-state index contributed by atoms with van der Waals surface area (Å²) in [5.74, 6) is 1.20. The largest absolute Gasteiger partial charge is 0.333 e. The molecule has 17 heavy (non-hydrogen) atoms. The Morgan fingerprint density at radius 2 is 2.41 bits per heavy atom. The summed E-state index contributed by atoms with van der Waals surface area (Å²) in [6.45, 7) is 6.66.